The van der Waals surface area contributed by atoms with Crippen molar-refractivity contribution in [2.75, 3.05) is 6.61 Å². The summed E-state index contributed by atoms with van der Waals surface area (Å²) < 4.78 is 46.4. The van der Waals surface area contributed by atoms with Crippen molar-refractivity contribution in [2.24, 2.45) is 11.7 Å². The van der Waals surface area contributed by atoms with Crippen LogP contribution in [0, 0.1) is 23.4 Å². The molecular weight excluding hydrogens is 279 g/mol. The first kappa shape index (κ1) is 16.3. The van der Waals surface area contributed by atoms with E-state index in [4.69, 9.17) is 10.5 Å². The van der Waals surface area contributed by atoms with Gasteiger partial charge in [-0.25, -0.2) is 13.2 Å². The maximum atomic E-state index is 14.0. The molecule has 0 heterocycles. The van der Waals surface area contributed by atoms with Crippen LogP contribution in [0.1, 0.15) is 51.1 Å². The predicted octanol–water partition coefficient (Wildman–Crippen LogP) is 4.09. The van der Waals surface area contributed by atoms with Crippen molar-refractivity contribution < 1.29 is 17.9 Å². The number of halogens is 3. The van der Waals surface area contributed by atoms with Gasteiger partial charge >= 0.3 is 0 Å². The van der Waals surface area contributed by atoms with Gasteiger partial charge < -0.3 is 10.5 Å². The van der Waals surface area contributed by atoms with Crippen molar-refractivity contribution >= 4 is 0 Å². The van der Waals surface area contributed by atoms with E-state index in [1.165, 1.54) is 6.07 Å². The van der Waals surface area contributed by atoms with Crippen LogP contribution in [0.2, 0.25) is 0 Å². The van der Waals surface area contributed by atoms with Crippen LogP contribution in [-0.2, 0) is 4.74 Å². The average Bonchev–Trinajstić information content (AvgIpc) is 2.47. The van der Waals surface area contributed by atoms with Crippen LogP contribution in [0.3, 0.4) is 0 Å². The van der Waals surface area contributed by atoms with E-state index in [0.717, 1.165) is 18.9 Å². The van der Waals surface area contributed by atoms with Crippen LogP contribution in [0.4, 0.5) is 13.2 Å². The van der Waals surface area contributed by atoms with Gasteiger partial charge in [0.15, 0.2) is 17.5 Å². The standard InChI is InChI=1S/C16H22F3NO/c1-3-21-16(8-6-10(2)7-9-16)15(20)11-4-5-12(17)14(19)13(11)18/h4-5,10,15H,3,6-9,20H2,1-2H3. The van der Waals surface area contributed by atoms with Gasteiger partial charge in [0.05, 0.1) is 11.6 Å². The predicted molar refractivity (Wildman–Crippen MR) is 75.2 cm³/mol. The lowest BCUT2D eigenvalue weighted by Crippen LogP contribution is -2.47. The van der Waals surface area contributed by atoms with Crippen LogP contribution in [-0.4, -0.2) is 12.2 Å². The zero-order valence-electron chi connectivity index (χ0n) is 12.5. The van der Waals surface area contributed by atoms with Crippen molar-refractivity contribution in [3.8, 4) is 0 Å². The Morgan fingerprint density at radius 3 is 2.43 bits per heavy atom. The monoisotopic (exact) mass is 301 g/mol. The molecule has 0 amide bonds. The second-order valence-corrected chi connectivity index (χ2v) is 5.92. The molecule has 1 aromatic rings. The molecule has 1 unspecified atom stereocenters. The van der Waals surface area contributed by atoms with Crippen molar-refractivity contribution in [1.29, 1.82) is 0 Å². The smallest absolute Gasteiger partial charge is 0.194 e. The lowest BCUT2D eigenvalue weighted by atomic mass is 9.73. The third-order valence-corrected chi connectivity index (χ3v) is 4.52. The van der Waals surface area contributed by atoms with Crippen molar-refractivity contribution in [1.82, 2.24) is 0 Å². The fourth-order valence-electron chi connectivity index (χ4n) is 3.15. The molecule has 0 bridgehead atoms. The third-order valence-electron chi connectivity index (χ3n) is 4.52. The molecule has 1 aliphatic carbocycles. The highest BCUT2D eigenvalue weighted by atomic mass is 19.2. The molecule has 2 nitrogen and oxygen atoms in total. The molecule has 5 heteroatoms. The summed E-state index contributed by atoms with van der Waals surface area (Å²) in [6.07, 6.45) is 3.25. The van der Waals surface area contributed by atoms with Crippen molar-refractivity contribution in [2.45, 2.75) is 51.2 Å². The third kappa shape index (κ3) is 3.09. The van der Waals surface area contributed by atoms with Crippen LogP contribution >= 0.6 is 0 Å². The Morgan fingerprint density at radius 1 is 1.24 bits per heavy atom. The Labute approximate surface area is 123 Å². The fourth-order valence-corrected chi connectivity index (χ4v) is 3.15. The van der Waals surface area contributed by atoms with Crippen LogP contribution in [0.15, 0.2) is 12.1 Å². The molecule has 1 aliphatic rings. The number of nitrogens with two attached hydrogens (primary N) is 1. The maximum absolute atomic E-state index is 14.0. The molecule has 21 heavy (non-hydrogen) atoms. The molecule has 0 saturated heterocycles. The van der Waals surface area contributed by atoms with Gasteiger partial charge in [-0.1, -0.05) is 13.0 Å². The highest BCUT2D eigenvalue weighted by molar-refractivity contribution is 5.26. The maximum Gasteiger partial charge on any atom is 0.194 e. The summed E-state index contributed by atoms with van der Waals surface area (Å²) in [5.74, 6) is -3.31. The van der Waals surface area contributed by atoms with E-state index in [1.807, 2.05) is 6.92 Å². The largest absolute Gasteiger partial charge is 0.373 e. The van der Waals surface area contributed by atoms with Crippen LogP contribution in [0.5, 0.6) is 0 Å². The molecule has 0 radical (unpaired) electrons. The van der Waals surface area contributed by atoms with E-state index in [0.29, 0.717) is 25.4 Å². The number of hydrogen-bond acceptors (Lipinski definition) is 2. The summed E-state index contributed by atoms with van der Waals surface area (Å²) in [5.41, 5.74) is 5.48. The minimum atomic E-state index is -1.47. The molecule has 118 valence electrons. The Kier molecular flexibility index (Phi) is 4.94. The highest BCUT2D eigenvalue weighted by Crippen LogP contribution is 2.42. The zero-order chi connectivity index (χ0) is 15.6. The van der Waals surface area contributed by atoms with E-state index in [-0.39, 0.29) is 5.56 Å². The quantitative estimate of drug-likeness (QED) is 0.850. The Hall–Kier alpha value is -1.07. The average molecular weight is 301 g/mol. The SMILES string of the molecule is CCOC1(C(N)c2ccc(F)c(F)c2F)CCC(C)CC1. The highest BCUT2D eigenvalue weighted by Gasteiger charge is 2.42. The second kappa shape index (κ2) is 6.36. The van der Waals surface area contributed by atoms with Gasteiger partial charge in [0.1, 0.15) is 0 Å². The van der Waals surface area contributed by atoms with E-state index < -0.39 is 29.1 Å². The molecule has 1 aromatic carbocycles. The Morgan fingerprint density at radius 2 is 1.86 bits per heavy atom. The van der Waals surface area contributed by atoms with Gasteiger partial charge in [-0.15, -0.1) is 0 Å². The summed E-state index contributed by atoms with van der Waals surface area (Å²) in [7, 11) is 0. The number of benzene rings is 1. The second-order valence-electron chi connectivity index (χ2n) is 5.92. The molecule has 1 saturated carbocycles. The van der Waals surface area contributed by atoms with E-state index >= 15 is 0 Å². The van der Waals surface area contributed by atoms with Crippen molar-refractivity contribution in [3.63, 3.8) is 0 Å². The minimum absolute atomic E-state index is 0.0168. The number of rotatable bonds is 4. The van der Waals surface area contributed by atoms with Crippen LogP contribution in [0.25, 0.3) is 0 Å². The fraction of sp³-hybridized carbons (Fsp3) is 0.625. The molecule has 1 fully saturated rings. The van der Waals surface area contributed by atoms with Gasteiger partial charge in [0.25, 0.3) is 0 Å². The number of hydrogen-bond donors (Lipinski definition) is 1. The van der Waals surface area contributed by atoms with E-state index in [2.05, 4.69) is 6.92 Å². The molecule has 0 spiro atoms. The Bertz CT molecular complexity index is 499. The summed E-state index contributed by atoms with van der Waals surface area (Å²) in [6, 6.07) is 1.33. The van der Waals surface area contributed by atoms with Crippen LogP contribution < -0.4 is 5.73 Å². The molecule has 0 aromatic heterocycles. The van der Waals surface area contributed by atoms with Gasteiger partial charge in [-0.2, -0.15) is 0 Å². The van der Waals surface area contributed by atoms with E-state index in [1.54, 1.807) is 0 Å². The Balaban J connectivity index is 2.35. The summed E-state index contributed by atoms with van der Waals surface area (Å²) >= 11 is 0. The zero-order valence-corrected chi connectivity index (χ0v) is 12.5. The van der Waals surface area contributed by atoms with Crippen molar-refractivity contribution in [3.05, 3.63) is 35.1 Å². The first-order valence-electron chi connectivity index (χ1n) is 7.44. The number of ether oxygens (including phenoxy) is 1. The summed E-state index contributed by atoms with van der Waals surface area (Å²) in [6.45, 7) is 4.46. The minimum Gasteiger partial charge on any atom is -0.373 e. The molecule has 0 aliphatic heterocycles. The lowest BCUT2D eigenvalue weighted by Gasteiger charge is -2.43. The molecular formula is C16H22F3NO. The first-order valence-corrected chi connectivity index (χ1v) is 7.44. The first-order chi connectivity index (χ1) is 9.91. The topological polar surface area (TPSA) is 35.2 Å². The van der Waals surface area contributed by atoms with Gasteiger partial charge in [-0.3, -0.25) is 0 Å². The van der Waals surface area contributed by atoms with E-state index in [9.17, 15) is 13.2 Å². The normalized spacial score (nSPS) is 27.6. The summed E-state index contributed by atoms with van der Waals surface area (Å²) in [5, 5.41) is 0. The lowest BCUT2D eigenvalue weighted by molar-refractivity contribution is -0.0903. The summed E-state index contributed by atoms with van der Waals surface area (Å²) in [4.78, 5) is 0. The van der Waals surface area contributed by atoms with Gasteiger partial charge in [-0.05, 0) is 44.6 Å². The molecule has 2 N–H and O–H groups in total. The molecule has 1 atom stereocenters. The van der Waals surface area contributed by atoms with Gasteiger partial charge in [0.2, 0.25) is 0 Å². The van der Waals surface area contributed by atoms with Gasteiger partial charge in [0, 0.05) is 12.2 Å². The molecule has 2 rings (SSSR count).